The average Bonchev–Trinajstić information content (AvgIpc) is 2.68. The third kappa shape index (κ3) is 3.75. The van der Waals surface area contributed by atoms with Crippen molar-refractivity contribution < 1.29 is 22.0 Å². The van der Waals surface area contributed by atoms with Crippen LogP contribution in [-0.4, -0.2) is 29.9 Å². The number of rotatable bonds is 5. The molecule has 10 heteroatoms. The van der Waals surface area contributed by atoms with Gasteiger partial charge in [0.25, 0.3) is 11.5 Å². The molecule has 3 aromatic rings. The van der Waals surface area contributed by atoms with Crippen molar-refractivity contribution in [2.45, 2.75) is 30.5 Å². The van der Waals surface area contributed by atoms with Crippen LogP contribution in [0.2, 0.25) is 0 Å². The number of nitrogens with zero attached hydrogens (tertiary/aromatic N) is 2. The number of fused-ring (bicyclic) bond motifs is 1. The number of alkyl halides is 2. The van der Waals surface area contributed by atoms with Crippen molar-refractivity contribution in [3.05, 3.63) is 64.6 Å². The van der Waals surface area contributed by atoms with E-state index in [-0.39, 0.29) is 33.8 Å². The predicted octanol–water partition coefficient (Wildman–Crippen LogP) is 3.23. The molecule has 152 valence electrons. The Morgan fingerprint density at radius 1 is 1.03 bits per heavy atom. The Hall–Kier alpha value is -3.14. The zero-order chi connectivity index (χ0) is 21.3. The molecule has 0 unspecified atom stereocenters. The molecule has 0 fully saturated rings. The minimum absolute atomic E-state index is 0.127. The Morgan fingerprint density at radius 3 is 2.24 bits per heavy atom. The zero-order valence-corrected chi connectivity index (χ0v) is 16.3. The molecule has 1 N–H and O–H groups in total. The van der Waals surface area contributed by atoms with E-state index < -0.39 is 26.4 Å². The summed E-state index contributed by atoms with van der Waals surface area (Å²) >= 11 is 0. The van der Waals surface area contributed by atoms with Crippen molar-refractivity contribution in [3.63, 3.8) is 0 Å². The molecule has 1 amide bonds. The summed E-state index contributed by atoms with van der Waals surface area (Å²) in [6.45, 7) is 3.44. The third-order valence-electron chi connectivity index (χ3n) is 4.21. The SMILES string of the molecule is CC(C)n1nc(C(=O)Nc2ccccc2S(=O)(=O)C(F)F)c2ccccc2c1=O. The second-order valence-corrected chi connectivity index (χ2v) is 8.38. The van der Waals surface area contributed by atoms with E-state index in [4.69, 9.17) is 0 Å². The van der Waals surface area contributed by atoms with Crippen LogP contribution >= 0.6 is 0 Å². The number of anilines is 1. The van der Waals surface area contributed by atoms with Crippen molar-refractivity contribution in [1.29, 1.82) is 0 Å². The van der Waals surface area contributed by atoms with Gasteiger partial charge in [-0.05, 0) is 32.0 Å². The van der Waals surface area contributed by atoms with E-state index in [1.165, 1.54) is 24.3 Å². The fourth-order valence-electron chi connectivity index (χ4n) is 2.82. The van der Waals surface area contributed by atoms with Gasteiger partial charge < -0.3 is 5.32 Å². The first-order valence-electron chi connectivity index (χ1n) is 8.58. The van der Waals surface area contributed by atoms with Crippen LogP contribution in [0.1, 0.15) is 30.4 Å². The molecule has 0 atom stereocenters. The van der Waals surface area contributed by atoms with E-state index in [1.807, 2.05) is 0 Å². The lowest BCUT2D eigenvalue weighted by atomic mass is 10.1. The number of amides is 1. The second-order valence-electron chi connectivity index (χ2n) is 6.49. The maximum Gasteiger partial charge on any atom is 0.341 e. The third-order valence-corrected chi connectivity index (χ3v) is 5.65. The largest absolute Gasteiger partial charge is 0.341 e. The van der Waals surface area contributed by atoms with Gasteiger partial charge in [-0.3, -0.25) is 9.59 Å². The number of hydrogen-bond acceptors (Lipinski definition) is 5. The van der Waals surface area contributed by atoms with Crippen LogP contribution in [0.5, 0.6) is 0 Å². The highest BCUT2D eigenvalue weighted by Crippen LogP contribution is 2.27. The number of halogens is 2. The number of para-hydroxylation sites is 1. The summed E-state index contributed by atoms with van der Waals surface area (Å²) in [5.74, 6) is -4.46. The minimum atomic E-state index is -4.93. The molecule has 0 saturated carbocycles. The fraction of sp³-hybridized carbons (Fsp3) is 0.211. The Balaban J connectivity index is 2.14. The Bertz CT molecular complexity index is 1250. The average molecular weight is 421 g/mol. The molecule has 0 aliphatic heterocycles. The first kappa shape index (κ1) is 20.6. The van der Waals surface area contributed by atoms with Crippen molar-refractivity contribution in [2.75, 3.05) is 5.32 Å². The first-order chi connectivity index (χ1) is 13.6. The van der Waals surface area contributed by atoms with Gasteiger partial charge in [-0.25, -0.2) is 13.1 Å². The van der Waals surface area contributed by atoms with Gasteiger partial charge in [-0.15, -0.1) is 0 Å². The van der Waals surface area contributed by atoms with Crippen LogP contribution in [-0.2, 0) is 9.84 Å². The summed E-state index contributed by atoms with van der Waals surface area (Å²) in [6.07, 6.45) is 0. The number of carbonyl (C=O) groups is 1. The molecule has 2 aromatic carbocycles. The van der Waals surface area contributed by atoms with Crippen LogP contribution < -0.4 is 10.9 Å². The second kappa shape index (κ2) is 7.70. The number of carbonyl (C=O) groups excluding carboxylic acids is 1. The number of benzene rings is 2. The van der Waals surface area contributed by atoms with Crippen molar-refractivity contribution in [1.82, 2.24) is 9.78 Å². The molecule has 0 spiro atoms. The number of sulfone groups is 1. The summed E-state index contributed by atoms with van der Waals surface area (Å²) < 4.78 is 50.9. The molecular weight excluding hydrogens is 404 g/mol. The Morgan fingerprint density at radius 2 is 1.62 bits per heavy atom. The van der Waals surface area contributed by atoms with Crippen LogP contribution in [0, 0.1) is 0 Å². The summed E-state index contributed by atoms with van der Waals surface area (Å²) in [6, 6.07) is 10.9. The molecule has 3 rings (SSSR count). The monoisotopic (exact) mass is 421 g/mol. The molecule has 0 aliphatic carbocycles. The molecule has 1 aromatic heterocycles. The highest BCUT2D eigenvalue weighted by atomic mass is 32.2. The van der Waals surface area contributed by atoms with Crippen LogP contribution in [0.4, 0.5) is 14.5 Å². The topological polar surface area (TPSA) is 98.1 Å². The maximum atomic E-state index is 13.0. The van der Waals surface area contributed by atoms with E-state index >= 15 is 0 Å². The smallest absolute Gasteiger partial charge is 0.319 e. The normalized spacial score (nSPS) is 11.9. The molecule has 0 saturated heterocycles. The van der Waals surface area contributed by atoms with Crippen LogP contribution in [0.15, 0.2) is 58.2 Å². The van der Waals surface area contributed by atoms with E-state index in [0.717, 1.165) is 10.7 Å². The predicted molar refractivity (Wildman–Crippen MR) is 104 cm³/mol. The number of aromatic nitrogens is 2. The highest BCUT2D eigenvalue weighted by Gasteiger charge is 2.30. The van der Waals surface area contributed by atoms with Crippen LogP contribution in [0.3, 0.4) is 0 Å². The highest BCUT2D eigenvalue weighted by molar-refractivity contribution is 7.91. The molecule has 0 aliphatic rings. The van der Waals surface area contributed by atoms with Crippen molar-refractivity contribution in [2.24, 2.45) is 0 Å². The van der Waals surface area contributed by atoms with Crippen molar-refractivity contribution in [3.8, 4) is 0 Å². The minimum Gasteiger partial charge on any atom is -0.319 e. The molecule has 0 radical (unpaired) electrons. The lowest BCUT2D eigenvalue weighted by Crippen LogP contribution is -2.29. The van der Waals surface area contributed by atoms with Crippen LogP contribution in [0.25, 0.3) is 10.8 Å². The van der Waals surface area contributed by atoms with Gasteiger partial charge in [0, 0.05) is 5.39 Å². The number of nitrogens with one attached hydrogen (secondary N) is 1. The summed E-state index contributed by atoms with van der Waals surface area (Å²) in [7, 11) is -4.93. The summed E-state index contributed by atoms with van der Waals surface area (Å²) in [5.41, 5.74) is -0.808. The first-order valence-corrected chi connectivity index (χ1v) is 10.1. The molecular formula is C19H17F2N3O4S. The zero-order valence-electron chi connectivity index (χ0n) is 15.5. The Labute approximate surface area is 164 Å². The van der Waals surface area contributed by atoms with Gasteiger partial charge in [0.1, 0.15) is 0 Å². The summed E-state index contributed by atoms with van der Waals surface area (Å²) in [5, 5.41) is 6.98. The molecule has 29 heavy (non-hydrogen) atoms. The molecule has 7 nitrogen and oxygen atoms in total. The Kier molecular flexibility index (Phi) is 5.47. The van der Waals surface area contributed by atoms with Gasteiger partial charge in [0.05, 0.1) is 22.0 Å². The van der Waals surface area contributed by atoms with Gasteiger partial charge in [0.15, 0.2) is 5.69 Å². The fourth-order valence-corrected chi connectivity index (χ4v) is 3.71. The van der Waals surface area contributed by atoms with E-state index in [9.17, 15) is 26.8 Å². The van der Waals surface area contributed by atoms with Gasteiger partial charge >= 0.3 is 5.76 Å². The van der Waals surface area contributed by atoms with E-state index in [1.54, 1.807) is 32.0 Å². The lowest BCUT2D eigenvalue weighted by molar-refractivity contribution is 0.102. The van der Waals surface area contributed by atoms with Gasteiger partial charge in [-0.1, -0.05) is 30.3 Å². The summed E-state index contributed by atoms with van der Waals surface area (Å²) in [4.78, 5) is 24.8. The van der Waals surface area contributed by atoms with Gasteiger partial charge in [-0.2, -0.15) is 13.9 Å². The molecule has 0 bridgehead atoms. The van der Waals surface area contributed by atoms with E-state index in [0.29, 0.717) is 0 Å². The molecule has 1 heterocycles. The van der Waals surface area contributed by atoms with E-state index in [2.05, 4.69) is 10.4 Å². The standard InChI is InChI=1S/C19H17F2N3O4S/c1-11(2)24-18(26)13-8-4-3-7-12(13)16(23-24)17(25)22-14-9-5-6-10-15(14)29(27,28)19(20)21/h3-11,19H,1-2H3,(H,22,25). The van der Waals surface area contributed by atoms with Gasteiger partial charge in [0.2, 0.25) is 9.84 Å². The quantitative estimate of drug-likeness (QED) is 0.682. The lowest BCUT2D eigenvalue weighted by Gasteiger charge is -2.15. The maximum absolute atomic E-state index is 13.0. The van der Waals surface area contributed by atoms with Crippen molar-refractivity contribution >= 4 is 32.2 Å². The number of hydrogen-bond donors (Lipinski definition) is 1.